The number of anilines is 1. The van der Waals surface area contributed by atoms with Crippen molar-refractivity contribution in [3.63, 3.8) is 0 Å². The van der Waals surface area contributed by atoms with Gasteiger partial charge in [0.05, 0.1) is 0 Å². The van der Waals surface area contributed by atoms with E-state index in [4.69, 9.17) is 5.73 Å². The van der Waals surface area contributed by atoms with E-state index in [9.17, 15) is 0 Å². The van der Waals surface area contributed by atoms with Crippen molar-refractivity contribution in [2.45, 2.75) is 0 Å². The van der Waals surface area contributed by atoms with Crippen LogP contribution in [0.3, 0.4) is 0 Å². The number of nitrogens with two attached hydrogens (primary N) is 1. The second kappa shape index (κ2) is 7.36. The highest BCUT2D eigenvalue weighted by molar-refractivity contribution is 7.22. The second-order valence-electron chi connectivity index (χ2n) is 8.38. The Morgan fingerprint density at radius 2 is 1.03 bits per heavy atom. The Bertz CT molecular complexity index is 1380. The molecule has 2 heteroatoms. The Balaban J connectivity index is 1.82. The molecular weight excluding hydrogens is 402 g/mol. The van der Waals surface area contributed by atoms with Gasteiger partial charge in [0.1, 0.15) is 0 Å². The minimum atomic E-state index is -2.51. The van der Waals surface area contributed by atoms with Gasteiger partial charge in [0.2, 0.25) is 0 Å². The Hall–Kier alpha value is -3.88. The highest BCUT2D eigenvalue weighted by atomic mass is 28.3. The number of fused-ring (bicyclic) bond motifs is 3. The zero-order valence-electron chi connectivity index (χ0n) is 17.7. The van der Waals surface area contributed by atoms with Gasteiger partial charge in [-0.3, -0.25) is 0 Å². The standard InChI is InChI=1S/C30H23NSi/c31-23-12-9-11-22(21-23)26-18-10-19-28-27-17-7-8-20-29(27)32(30(26)28,24-13-3-1-4-14-24)25-15-5-2-6-16-25/h1-21H,31H2/q-1. The Morgan fingerprint density at radius 1 is 0.469 bits per heavy atom. The summed E-state index contributed by atoms with van der Waals surface area (Å²) in [5.74, 6) is 0. The summed E-state index contributed by atoms with van der Waals surface area (Å²) in [4.78, 5) is 0. The maximum absolute atomic E-state index is 6.23. The molecule has 0 saturated heterocycles. The topological polar surface area (TPSA) is 26.0 Å². The van der Waals surface area contributed by atoms with E-state index in [0.717, 1.165) is 5.69 Å². The number of hydrogen-bond acceptors (Lipinski definition) is 1. The first-order valence-electron chi connectivity index (χ1n) is 11.0. The van der Waals surface area contributed by atoms with Gasteiger partial charge < -0.3 is 5.73 Å². The van der Waals surface area contributed by atoms with Crippen LogP contribution in [0.2, 0.25) is 0 Å². The summed E-state index contributed by atoms with van der Waals surface area (Å²) in [6, 6.07) is 46.3. The molecule has 1 aliphatic rings. The number of hydrogen-bond donors (Lipinski definition) is 1. The molecule has 1 aliphatic heterocycles. The van der Waals surface area contributed by atoms with Crippen LogP contribution in [0, 0.1) is 0 Å². The molecule has 0 bridgehead atoms. The van der Waals surface area contributed by atoms with Crippen molar-refractivity contribution in [1.29, 1.82) is 0 Å². The van der Waals surface area contributed by atoms with Crippen molar-refractivity contribution >= 4 is 34.5 Å². The van der Waals surface area contributed by atoms with Gasteiger partial charge in [0.15, 0.2) is 0 Å². The molecule has 153 valence electrons. The average molecular weight is 426 g/mol. The van der Waals surface area contributed by atoms with Crippen molar-refractivity contribution in [3.05, 3.63) is 127 Å². The van der Waals surface area contributed by atoms with Crippen LogP contribution in [0.15, 0.2) is 127 Å². The molecule has 32 heavy (non-hydrogen) atoms. The Labute approximate surface area is 189 Å². The predicted octanol–water partition coefficient (Wildman–Crippen LogP) is 4.29. The molecule has 2 N–H and O–H groups in total. The molecule has 0 unspecified atom stereocenters. The fourth-order valence-electron chi connectivity index (χ4n) is 5.45. The van der Waals surface area contributed by atoms with E-state index in [2.05, 4.69) is 121 Å². The molecule has 5 aromatic carbocycles. The van der Waals surface area contributed by atoms with E-state index < -0.39 is 8.07 Å². The number of benzene rings is 5. The fraction of sp³-hybridized carbons (Fsp3) is 0. The minimum Gasteiger partial charge on any atom is -0.399 e. The smallest absolute Gasteiger partial charge is 0.0320 e. The van der Waals surface area contributed by atoms with Gasteiger partial charge in [-0.1, -0.05) is 126 Å². The molecular formula is C30H23NSi-. The van der Waals surface area contributed by atoms with Crippen LogP contribution in [-0.4, -0.2) is 8.07 Å². The number of nitrogen functional groups attached to an aromatic ring is 1. The highest BCUT2D eigenvalue weighted by Gasteiger charge is 2.37. The van der Waals surface area contributed by atoms with E-state index in [-0.39, 0.29) is 0 Å². The lowest BCUT2D eigenvalue weighted by Crippen LogP contribution is -2.73. The molecule has 0 saturated carbocycles. The predicted molar refractivity (Wildman–Crippen MR) is 139 cm³/mol. The van der Waals surface area contributed by atoms with Crippen LogP contribution in [-0.2, 0) is 0 Å². The van der Waals surface area contributed by atoms with Crippen molar-refractivity contribution in [2.75, 3.05) is 5.73 Å². The lowest BCUT2D eigenvalue weighted by molar-refractivity contribution is 1.63. The van der Waals surface area contributed by atoms with Gasteiger partial charge >= 0.3 is 0 Å². The zero-order chi connectivity index (χ0) is 21.5. The highest BCUT2D eigenvalue weighted by Crippen LogP contribution is 2.33. The van der Waals surface area contributed by atoms with Crippen molar-refractivity contribution in [2.24, 2.45) is 0 Å². The van der Waals surface area contributed by atoms with E-state index in [0.29, 0.717) is 0 Å². The van der Waals surface area contributed by atoms with Crippen LogP contribution in [0.1, 0.15) is 0 Å². The third-order valence-corrected chi connectivity index (χ3v) is 11.6. The SMILES string of the molecule is Nc1cccc(-c2cccc3c2[Si-](c2ccccc2)(c2ccccc2)c2ccccc2-3)c1. The van der Waals surface area contributed by atoms with Crippen LogP contribution in [0.25, 0.3) is 22.3 Å². The summed E-state index contributed by atoms with van der Waals surface area (Å²) in [5, 5.41) is 5.75. The first-order chi connectivity index (χ1) is 15.8. The summed E-state index contributed by atoms with van der Waals surface area (Å²) in [6.45, 7) is 0. The Kier molecular flexibility index (Phi) is 4.34. The molecule has 6 rings (SSSR count). The first kappa shape index (κ1) is 18.9. The van der Waals surface area contributed by atoms with E-state index in [1.165, 1.54) is 43.0 Å². The van der Waals surface area contributed by atoms with E-state index in [1.807, 2.05) is 6.07 Å². The summed E-state index contributed by atoms with van der Waals surface area (Å²) < 4.78 is 0. The average Bonchev–Trinajstić information content (AvgIpc) is 3.17. The minimum absolute atomic E-state index is 0.794. The van der Waals surface area contributed by atoms with Gasteiger partial charge in [0.25, 0.3) is 0 Å². The van der Waals surface area contributed by atoms with E-state index in [1.54, 1.807) is 0 Å². The van der Waals surface area contributed by atoms with Gasteiger partial charge in [0, 0.05) is 5.69 Å². The maximum Gasteiger partial charge on any atom is 0.0320 e. The zero-order valence-corrected chi connectivity index (χ0v) is 18.7. The summed E-state index contributed by atoms with van der Waals surface area (Å²) >= 11 is 0. The lowest BCUT2D eigenvalue weighted by atomic mass is 9.99. The van der Waals surface area contributed by atoms with Gasteiger partial charge in [-0.05, 0) is 31.3 Å². The van der Waals surface area contributed by atoms with Crippen LogP contribution in [0.4, 0.5) is 5.69 Å². The third kappa shape index (κ3) is 2.63. The van der Waals surface area contributed by atoms with Gasteiger partial charge in [-0.2, -0.15) is 20.7 Å². The quantitative estimate of drug-likeness (QED) is 0.332. The molecule has 1 nitrogen and oxygen atoms in total. The van der Waals surface area contributed by atoms with Crippen LogP contribution >= 0.6 is 0 Å². The molecule has 0 aliphatic carbocycles. The molecule has 5 aromatic rings. The third-order valence-electron chi connectivity index (χ3n) is 6.67. The van der Waals surface area contributed by atoms with Crippen LogP contribution in [0.5, 0.6) is 0 Å². The summed E-state index contributed by atoms with van der Waals surface area (Å²) in [6.07, 6.45) is 0. The molecule has 0 amide bonds. The molecule has 0 radical (unpaired) electrons. The molecule has 0 fully saturated rings. The lowest BCUT2D eigenvalue weighted by Gasteiger charge is -2.45. The van der Waals surface area contributed by atoms with Gasteiger partial charge in [-0.15, -0.1) is 0 Å². The summed E-state index contributed by atoms with van der Waals surface area (Å²) in [7, 11) is -2.51. The van der Waals surface area contributed by atoms with Crippen molar-refractivity contribution < 1.29 is 0 Å². The normalized spacial score (nSPS) is 13.4. The first-order valence-corrected chi connectivity index (χ1v) is 13.0. The summed E-state index contributed by atoms with van der Waals surface area (Å²) in [5.41, 5.74) is 12.2. The molecule has 0 spiro atoms. The largest absolute Gasteiger partial charge is 0.399 e. The van der Waals surface area contributed by atoms with Crippen LogP contribution < -0.4 is 26.5 Å². The van der Waals surface area contributed by atoms with E-state index >= 15 is 0 Å². The fourth-order valence-corrected chi connectivity index (χ4v) is 10.9. The second-order valence-corrected chi connectivity index (χ2v) is 12.1. The van der Waals surface area contributed by atoms with Crippen molar-refractivity contribution in [3.8, 4) is 22.3 Å². The van der Waals surface area contributed by atoms with Gasteiger partial charge in [-0.25, -0.2) is 0 Å². The van der Waals surface area contributed by atoms with Crippen molar-refractivity contribution in [1.82, 2.24) is 0 Å². The number of rotatable bonds is 3. The molecule has 1 heterocycles. The maximum atomic E-state index is 6.23. The molecule has 0 aromatic heterocycles. The monoisotopic (exact) mass is 425 g/mol. The Morgan fingerprint density at radius 3 is 1.72 bits per heavy atom. The molecule has 0 atom stereocenters.